The van der Waals surface area contributed by atoms with Crippen molar-refractivity contribution < 1.29 is 9.59 Å². The molecule has 0 aromatic heterocycles. The van der Waals surface area contributed by atoms with Crippen molar-refractivity contribution in [3.05, 3.63) is 62.7 Å². The van der Waals surface area contributed by atoms with Crippen molar-refractivity contribution in [3.63, 3.8) is 0 Å². The minimum absolute atomic E-state index is 0.0512. The van der Waals surface area contributed by atoms with Crippen molar-refractivity contribution in [3.8, 4) is 0 Å². The highest BCUT2D eigenvalue weighted by Gasteiger charge is 2.07. The monoisotopic (exact) mass is 455 g/mol. The molecule has 5 nitrogen and oxygen atoms in total. The van der Waals surface area contributed by atoms with Crippen LogP contribution in [0.15, 0.2) is 53.6 Å². The van der Waals surface area contributed by atoms with Gasteiger partial charge in [-0.3, -0.25) is 9.59 Å². The number of hydrogen-bond acceptors (Lipinski definition) is 3. The van der Waals surface area contributed by atoms with Crippen LogP contribution in [0.4, 0.5) is 5.69 Å². The fourth-order valence-corrected chi connectivity index (χ4v) is 2.54. The number of hydrogen-bond donors (Lipinski definition) is 2. The summed E-state index contributed by atoms with van der Waals surface area (Å²) in [5, 5.41) is 7.12. The first-order valence-corrected chi connectivity index (χ1v) is 8.62. The van der Waals surface area contributed by atoms with Gasteiger partial charge in [0, 0.05) is 32.7 Å². The van der Waals surface area contributed by atoms with Crippen molar-refractivity contribution in [1.82, 2.24) is 5.43 Å². The summed E-state index contributed by atoms with van der Waals surface area (Å²) >= 11 is 8.03. The number of benzene rings is 2. The highest BCUT2D eigenvalue weighted by molar-refractivity contribution is 14.1. The van der Waals surface area contributed by atoms with Crippen LogP contribution < -0.4 is 10.7 Å². The van der Waals surface area contributed by atoms with Crippen molar-refractivity contribution in [2.24, 2.45) is 5.10 Å². The predicted octanol–water partition coefficient (Wildman–Crippen LogP) is 3.81. The standard InChI is InChI=1S/C17H15ClIN3O2/c18-13-5-3-6-14(10-13)21-16(23)8-9-17(24)22-20-11-12-4-1-2-7-15(12)19/h1-7,10-11H,8-9H2,(H,21,23)(H,22,24)/b20-11+. The van der Waals surface area contributed by atoms with Gasteiger partial charge in [0.25, 0.3) is 0 Å². The molecule has 24 heavy (non-hydrogen) atoms. The lowest BCUT2D eigenvalue weighted by Crippen LogP contribution is -2.20. The molecule has 0 spiro atoms. The Morgan fingerprint density at radius 1 is 1.08 bits per heavy atom. The number of halogens is 2. The molecular formula is C17H15ClIN3O2. The van der Waals surface area contributed by atoms with Gasteiger partial charge >= 0.3 is 0 Å². The van der Waals surface area contributed by atoms with E-state index in [1.54, 1.807) is 30.5 Å². The molecule has 0 fully saturated rings. The van der Waals surface area contributed by atoms with E-state index < -0.39 is 0 Å². The summed E-state index contributed by atoms with van der Waals surface area (Å²) in [7, 11) is 0. The highest BCUT2D eigenvalue weighted by atomic mass is 127. The van der Waals surface area contributed by atoms with Gasteiger partial charge in [-0.05, 0) is 46.9 Å². The van der Waals surface area contributed by atoms with Crippen LogP contribution in [0, 0.1) is 3.57 Å². The van der Waals surface area contributed by atoms with E-state index in [-0.39, 0.29) is 24.7 Å². The quantitative estimate of drug-likeness (QED) is 0.395. The molecule has 0 radical (unpaired) electrons. The van der Waals surface area contributed by atoms with Gasteiger partial charge in [0.2, 0.25) is 11.8 Å². The van der Waals surface area contributed by atoms with Crippen LogP contribution in [0.2, 0.25) is 5.02 Å². The van der Waals surface area contributed by atoms with Gasteiger partial charge in [0.15, 0.2) is 0 Å². The fraction of sp³-hybridized carbons (Fsp3) is 0.118. The molecule has 0 saturated carbocycles. The summed E-state index contributed by atoms with van der Waals surface area (Å²) < 4.78 is 1.04. The van der Waals surface area contributed by atoms with Gasteiger partial charge in [-0.1, -0.05) is 35.9 Å². The lowest BCUT2D eigenvalue weighted by molar-refractivity contribution is -0.124. The second kappa shape index (κ2) is 9.39. The van der Waals surface area contributed by atoms with Crippen LogP contribution in [0.3, 0.4) is 0 Å². The number of carbonyl (C=O) groups is 2. The Morgan fingerprint density at radius 2 is 1.83 bits per heavy atom. The zero-order valence-electron chi connectivity index (χ0n) is 12.6. The third-order valence-corrected chi connectivity index (χ3v) is 4.20. The van der Waals surface area contributed by atoms with Gasteiger partial charge in [-0.25, -0.2) is 5.43 Å². The van der Waals surface area contributed by atoms with E-state index in [4.69, 9.17) is 11.6 Å². The summed E-state index contributed by atoms with van der Waals surface area (Å²) in [6.07, 6.45) is 1.69. The Morgan fingerprint density at radius 3 is 2.58 bits per heavy atom. The van der Waals surface area contributed by atoms with Crippen LogP contribution in [0.1, 0.15) is 18.4 Å². The normalized spacial score (nSPS) is 10.6. The maximum atomic E-state index is 11.8. The lowest BCUT2D eigenvalue weighted by Gasteiger charge is -2.05. The van der Waals surface area contributed by atoms with E-state index in [0.717, 1.165) is 9.13 Å². The zero-order chi connectivity index (χ0) is 17.4. The molecule has 2 rings (SSSR count). The fourth-order valence-electron chi connectivity index (χ4n) is 1.83. The molecule has 2 amide bonds. The zero-order valence-corrected chi connectivity index (χ0v) is 15.5. The number of hydrazone groups is 1. The Bertz CT molecular complexity index is 765. The molecule has 0 bridgehead atoms. The molecule has 2 aromatic carbocycles. The summed E-state index contributed by atoms with van der Waals surface area (Å²) in [6.45, 7) is 0. The number of carbonyl (C=O) groups excluding carboxylic acids is 2. The van der Waals surface area contributed by atoms with Crippen molar-refractivity contribution >= 4 is 57.9 Å². The van der Waals surface area contributed by atoms with E-state index >= 15 is 0 Å². The average molecular weight is 456 g/mol. The average Bonchev–Trinajstić information content (AvgIpc) is 2.55. The van der Waals surface area contributed by atoms with Crippen molar-refractivity contribution in [1.29, 1.82) is 0 Å². The Labute approximate surface area is 158 Å². The van der Waals surface area contributed by atoms with Crippen molar-refractivity contribution in [2.45, 2.75) is 12.8 Å². The third-order valence-electron chi connectivity index (χ3n) is 2.99. The number of amides is 2. The van der Waals surface area contributed by atoms with Crippen LogP contribution in [-0.2, 0) is 9.59 Å². The van der Waals surface area contributed by atoms with Gasteiger partial charge in [-0.2, -0.15) is 5.10 Å². The highest BCUT2D eigenvalue weighted by Crippen LogP contribution is 2.15. The summed E-state index contributed by atoms with van der Waals surface area (Å²) in [5.41, 5.74) is 3.93. The first-order chi connectivity index (χ1) is 11.5. The molecule has 0 saturated heterocycles. The molecule has 0 atom stereocenters. The first kappa shape index (κ1) is 18.4. The molecule has 0 aliphatic rings. The molecule has 124 valence electrons. The smallest absolute Gasteiger partial charge is 0.240 e. The van der Waals surface area contributed by atoms with Crippen LogP contribution in [0.5, 0.6) is 0 Å². The van der Waals surface area contributed by atoms with Crippen LogP contribution in [-0.4, -0.2) is 18.0 Å². The lowest BCUT2D eigenvalue weighted by atomic mass is 10.2. The minimum atomic E-state index is -0.321. The Balaban J connectivity index is 1.75. The number of anilines is 1. The number of nitrogens with one attached hydrogen (secondary N) is 2. The first-order valence-electron chi connectivity index (χ1n) is 7.16. The van der Waals surface area contributed by atoms with E-state index in [1.165, 1.54) is 0 Å². The minimum Gasteiger partial charge on any atom is -0.326 e. The molecule has 2 N–H and O–H groups in total. The molecular weight excluding hydrogens is 441 g/mol. The maximum absolute atomic E-state index is 11.8. The molecule has 0 heterocycles. The maximum Gasteiger partial charge on any atom is 0.240 e. The van der Waals surface area contributed by atoms with E-state index in [9.17, 15) is 9.59 Å². The van der Waals surface area contributed by atoms with Crippen molar-refractivity contribution in [2.75, 3.05) is 5.32 Å². The van der Waals surface area contributed by atoms with E-state index in [1.807, 2.05) is 24.3 Å². The molecule has 2 aromatic rings. The predicted molar refractivity (Wildman–Crippen MR) is 104 cm³/mol. The van der Waals surface area contributed by atoms with E-state index in [0.29, 0.717) is 10.7 Å². The van der Waals surface area contributed by atoms with E-state index in [2.05, 4.69) is 38.4 Å². The van der Waals surface area contributed by atoms with Gasteiger partial charge in [-0.15, -0.1) is 0 Å². The molecule has 0 aliphatic carbocycles. The topological polar surface area (TPSA) is 70.6 Å². The third kappa shape index (κ3) is 6.29. The SMILES string of the molecule is O=C(CCC(=O)Nc1cccc(Cl)c1)N/N=C/c1ccccc1I. The van der Waals surface area contributed by atoms with Gasteiger partial charge < -0.3 is 5.32 Å². The Kier molecular flexibility index (Phi) is 7.20. The second-order valence-electron chi connectivity index (χ2n) is 4.87. The molecule has 0 unspecified atom stereocenters. The second-order valence-corrected chi connectivity index (χ2v) is 6.47. The summed E-state index contributed by atoms with van der Waals surface area (Å²) in [6, 6.07) is 14.5. The van der Waals surface area contributed by atoms with Gasteiger partial charge in [0.1, 0.15) is 0 Å². The largest absolute Gasteiger partial charge is 0.326 e. The van der Waals surface area contributed by atoms with Crippen LogP contribution >= 0.6 is 34.2 Å². The Hall–Kier alpha value is -1.93. The number of nitrogens with zero attached hydrogens (tertiary/aromatic N) is 1. The summed E-state index contributed by atoms with van der Waals surface area (Å²) in [5.74, 6) is -0.576. The van der Waals surface area contributed by atoms with Crippen LogP contribution in [0.25, 0.3) is 0 Å². The molecule has 7 heteroatoms. The number of rotatable bonds is 6. The summed E-state index contributed by atoms with van der Waals surface area (Å²) in [4.78, 5) is 23.5. The molecule has 0 aliphatic heterocycles. The van der Waals surface area contributed by atoms with Gasteiger partial charge in [0.05, 0.1) is 6.21 Å².